The molecule has 0 bridgehead atoms. The van der Waals surface area contributed by atoms with Gasteiger partial charge in [0, 0.05) is 18.8 Å². The fourth-order valence-electron chi connectivity index (χ4n) is 2.51. The second-order valence-electron chi connectivity index (χ2n) is 5.04. The second-order valence-corrected chi connectivity index (χ2v) is 5.04. The van der Waals surface area contributed by atoms with Gasteiger partial charge in [-0.2, -0.15) is 0 Å². The van der Waals surface area contributed by atoms with Gasteiger partial charge < -0.3 is 15.8 Å². The number of amides is 1. The number of nitrogens with one attached hydrogen (secondary N) is 1. The number of ether oxygens (including phenoxy) is 1. The zero-order valence-corrected chi connectivity index (χ0v) is 11.2. The average molecular weight is 266 g/mol. The van der Waals surface area contributed by atoms with Gasteiger partial charge in [-0.3, -0.25) is 4.79 Å². The normalized spacial score (nSPS) is 22.5. The molecule has 0 radical (unpaired) electrons. The quantitative estimate of drug-likeness (QED) is 0.823. The lowest BCUT2D eigenvalue weighted by Crippen LogP contribution is -2.34. The van der Waals surface area contributed by atoms with E-state index in [0.717, 1.165) is 19.3 Å². The van der Waals surface area contributed by atoms with Crippen LogP contribution in [0.4, 0.5) is 10.1 Å². The van der Waals surface area contributed by atoms with E-state index in [1.54, 1.807) is 14.0 Å². The molecule has 1 aromatic carbocycles. The van der Waals surface area contributed by atoms with E-state index in [1.165, 1.54) is 12.1 Å². The summed E-state index contributed by atoms with van der Waals surface area (Å²) in [5.41, 5.74) is 6.44. The Labute approximate surface area is 112 Å². The molecule has 5 heteroatoms. The number of rotatable bonds is 3. The maximum absolute atomic E-state index is 13.9. The Morgan fingerprint density at radius 2 is 2.21 bits per heavy atom. The van der Waals surface area contributed by atoms with E-state index in [0.29, 0.717) is 11.3 Å². The lowest BCUT2D eigenvalue weighted by Gasteiger charge is -2.14. The summed E-state index contributed by atoms with van der Waals surface area (Å²) in [6.07, 6.45) is 2.72. The molecule has 19 heavy (non-hydrogen) atoms. The Hall–Kier alpha value is -1.62. The molecule has 1 aliphatic carbocycles. The van der Waals surface area contributed by atoms with Crippen LogP contribution in [-0.4, -0.2) is 25.2 Å². The Kier molecular flexibility index (Phi) is 4.04. The molecule has 1 saturated carbocycles. The van der Waals surface area contributed by atoms with Gasteiger partial charge in [0.25, 0.3) is 5.91 Å². The molecule has 2 rings (SSSR count). The van der Waals surface area contributed by atoms with E-state index >= 15 is 0 Å². The zero-order valence-electron chi connectivity index (χ0n) is 11.2. The summed E-state index contributed by atoms with van der Waals surface area (Å²) in [6.45, 7) is 1.60. The van der Waals surface area contributed by atoms with E-state index in [-0.39, 0.29) is 17.7 Å². The number of nitrogen functional groups attached to an aromatic ring is 1. The molecule has 2 atom stereocenters. The molecule has 4 nitrogen and oxygen atoms in total. The first-order valence-electron chi connectivity index (χ1n) is 6.40. The van der Waals surface area contributed by atoms with Crippen LogP contribution in [0.15, 0.2) is 12.1 Å². The van der Waals surface area contributed by atoms with Crippen LogP contribution in [0.3, 0.4) is 0 Å². The molecule has 104 valence electrons. The predicted octanol–water partition coefficient (Wildman–Crippen LogP) is 2.01. The summed E-state index contributed by atoms with van der Waals surface area (Å²) in [7, 11) is 1.66. The van der Waals surface area contributed by atoms with Gasteiger partial charge in [-0.25, -0.2) is 4.39 Å². The van der Waals surface area contributed by atoms with Gasteiger partial charge in [-0.15, -0.1) is 0 Å². The maximum Gasteiger partial charge on any atom is 0.254 e. The smallest absolute Gasteiger partial charge is 0.254 e. The van der Waals surface area contributed by atoms with Crippen LogP contribution in [0.1, 0.15) is 35.2 Å². The average Bonchev–Trinajstić information content (AvgIpc) is 2.81. The molecule has 0 heterocycles. The van der Waals surface area contributed by atoms with Gasteiger partial charge in [-0.1, -0.05) is 0 Å². The number of carbonyl (C=O) groups excluding carboxylic acids is 1. The molecule has 3 N–H and O–H groups in total. The van der Waals surface area contributed by atoms with Crippen LogP contribution in [0.5, 0.6) is 0 Å². The van der Waals surface area contributed by atoms with Crippen molar-refractivity contribution in [3.05, 3.63) is 29.1 Å². The number of nitrogens with two attached hydrogens (primary N) is 1. The minimum atomic E-state index is -0.506. The Morgan fingerprint density at radius 3 is 2.84 bits per heavy atom. The first-order chi connectivity index (χ1) is 9.01. The van der Waals surface area contributed by atoms with E-state index in [4.69, 9.17) is 10.5 Å². The minimum Gasteiger partial charge on any atom is -0.399 e. The van der Waals surface area contributed by atoms with Gasteiger partial charge >= 0.3 is 0 Å². The van der Waals surface area contributed by atoms with Crippen LogP contribution >= 0.6 is 0 Å². The third-order valence-electron chi connectivity index (χ3n) is 3.57. The summed E-state index contributed by atoms with van der Waals surface area (Å²) in [6, 6.07) is 2.93. The monoisotopic (exact) mass is 266 g/mol. The van der Waals surface area contributed by atoms with Crippen molar-refractivity contribution in [3.8, 4) is 0 Å². The molecule has 1 amide bonds. The number of benzene rings is 1. The lowest BCUT2D eigenvalue weighted by molar-refractivity contribution is 0.0911. The molecule has 1 aromatic rings. The first-order valence-corrected chi connectivity index (χ1v) is 6.40. The van der Waals surface area contributed by atoms with Gasteiger partial charge in [0.2, 0.25) is 0 Å². The van der Waals surface area contributed by atoms with E-state index in [1.807, 2.05) is 0 Å². The van der Waals surface area contributed by atoms with Gasteiger partial charge in [0.15, 0.2) is 0 Å². The number of halogens is 1. The van der Waals surface area contributed by atoms with Crippen LogP contribution < -0.4 is 11.1 Å². The first kappa shape index (κ1) is 13.8. The molecular formula is C14H19FN2O2. The topological polar surface area (TPSA) is 64.3 Å². The second kappa shape index (κ2) is 5.57. The van der Waals surface area contributed by atoms with Crippen molar-refractivity contribution in [3.63, 3.8) is 0 Å². The Bertz CT molecular complexity index is 491. The van der Waals surface area contributed by atoms with Crippen molar-refractivity contribution in [2.45, 2.75) is 38.3 Å². The minimum absolute atomic E-state index is 0.0124. The highest BCUT2D eigenvalue weighted by Gasteiger charge is 2.26. The molecule has 0 aliphatic heterocycles. The molecular weight excluding hydrogens is 247 g/mol. The highest BCUT2D eigenvalue weighted by Crippen LogP contribution is 2.23. The molecule has 0 aromatic heterocycles. The van der Waals surface area contributed by atoms with E-state index < -0.39 is 11.7 Å². The largest absolute Gasteiger partial charge is 0.399 e. The van der Waals surface area contributed by atoms with E-state index in [9.17, 15) is 9.18 Å². The molecule has 1 fully saturated rings. The van der Waals surface area contributed by atoms with Crippen LogP contribution in [0, 0.1) is 12.7 Å². The summed E-state index contributed by atoms with van der Waals surface area (Å²) in [4.78, 5) is 12.1. The number of anilines is 1. The highest BCUT2D eigenvalue weighted by atomic mass is 19.1. The van der Waals surface area contributed by atoms with Crippen molar-refractivity contribution in [1.29, 1.82) is 0 Å². The maximum atomic E-state index is 13.9. The molecule has 1 aliphatic rings. The van der Waals surface area contributed by atoms with Crippen molar-refractivity contribution >= 4 is 11.6 Å². The van der Waals surface area contributed by atoms with Crippen LogP contribution in [0.2, 0.25) is 0 Å². The van der Waals surface area contributed by atoms with Crippen molar-refractivity contribution in [2.24, 2.45) is 0 Å². The number of carbonyl (C=O) groups is 1. The lowest BCUT2D eigenvalue weighted by atomic mass is 10.1. The summed E-state index contributed by atoms with van der Waals surface area (Å²) in [5.74, 6) is -0.914. The van der Waals surface area contributed by atoms with E-state index in [2.05, 4.69) is 5.32 Å². The van der Waals surface area contributed by atoms with Crippen LogP contribution in [-0.2, 0) is 4.74 Å². The summed E-state index contributed by atoms with van der Waals surface area (Å²) >= 11 is 0. The van der Waals surface area contributed by atoms with Gasteiger partial charge in [0.05, 0.1) is 11.7 Å². The molecule has 2 unspecified atom stereocenters. The van der Waals surface area contributed by atoms with Gasteiger partial charge in [-0.05, 0) is 43.9 Å². The number of hydrogen-bond acceptors (Lipinski definition) is 3. The van der Waals surface area contributed by atoms with Crippen molar-refractivity contribution in [2.75, 3.05) is 12.8 Å². The number of hydrogen-bond donors (Lipinski definition) is 2. The van der Waals surface area contributed by atoms with Crippen molar-refractivity contribution in [1.82, 2.24) is 5.32 Å². The predicted molar refractivity (Wildman–Crippen MR) is 71.5 cm³/mol. The van der Waals surface area contributed by atoms with Crippen molar-refractivity contribution < 1.29 is 13.9 Å². The standard InChI is InChI=1S/C14H19FN2O2/c1-8-5-9(16)6-12(13(8)15)14(18)17-10-3-4-11(7-10)19-2/h5-6,10-11H,3-4,7,16H2,1-2H3,(H,17,18). The fourth-order valence-corrected chi connectivity index (χ4v) is 2.51. The summed E-state index contributed by atoms with van der Waals surface area (Å²) < 4.78 is 19.2. The number of methoxy groups -OCH3 is 1. The Morgan fingerprint density at radius 1 is 1.47 bits per heavy atom. The SMILES string of the molecule is COC1CCC(NC(=O)c2cc(N)cc(C)c2F)C1. The van der Waals surface area contributed by atoms with Crippen LogP contribution in [0.25, 0.3) is 0 Å². The highest BCUT2D eigenvalue weighted by molar-refractivity contribution is 5.95. The summed E-state index contributed by atoms with van der Waals surface area (Å²) in [5, 5.41) is 2.84. The molecule has 0 saturated heterocycles. The zero-order chi connectivity index (χ0) is 14.0. The number of aryl methyl sites for hydroxylation is 1. The third-order valence-corrected chi connectivity index (χ3v) is 3.57. The third kappa shape index (κ3) is 3.04. The van der Waals surface area contributed by atoms with Gasteiger partial charge in [0.1, 0.15) is 5.82 Å². The molecule has 0 spiro atoms. The Balaban J connectivity index is 2.08. The fraction of sp³-hybridized carbons (Fsp3) is 0.500.